The van der Waals surface area contributed by atoms with Gasteiger partial charge >= 0.3 is 0 Å². The number of amides is 1. The summed E-state index contributed by atoms with van der Waals surface area (Å²) < 4.78 is 2.05. The number of nitrogens with two attached hydrogens (primary N) is 1. The second-order valence-corrected chi connectivity index (χ2v) is 4.63. The van der Waals surface area contributed by atoms with Crippen LogP contribution >= 0.6 is 0 Å². The van der Waals surface area contributed by atoms with E-state index in [0.717, 1.165) is 38.8 Å². The molecule has 0 saturated carbocycles. The van der Waals surface area contributed by atoms with Crippen LogP contribution in [0.5, 0.6) is 0 Å². The van der Waals surface area contributed by atoms with Crippen LogP contribution in [0.3, 0.4) is 0 Å². The van der Waals surface area contributed by atoms with E-state index in [1.165, 1.54) is 0 Å². The first kappa shape index (κ1) is 14.7. The first-order valence-electron chi connectivity index (χ1n) is 6.67. The van der Waals surface area contributed by atoms with Crippen molar-refractivity contribution in [2.45, 2.75) is 39.2 Å². The van der Waals surface area contributed by atoms with E-state index in [4.69, 9.17) is 5.73 Å². The summed E-state index contributed by atoms with van der Waals surface area (Å²) in [6.07, 6.45) is 9.37. The van der Waals surface area contributed by atoms with Crippen LogP contribution in [0.25, 0.3) is 0 Å². The summed E-state index contributed by atoms with van der Waals surface area (Å²) in [6.45, 7) is 4.32. The lowest BCUT2D eigenvalue weighted by Crippen LogP contribution is -2.30. The Morgan fingerprint density at radius 3 is 2.94 bits per heavy atom. The summed E-state index contributed by atoms with van der Waals surface area (Å²) in [5, 5.41) is 2.97. The molecule has 1 atom stereocenters. The van der Waals surface area contributed by atoms with Gasteiger partial charge in [-0.3, -0.25) is 4.79 Å². The Bertz CT molecular complexity index is 324. The molecule has 1 amide bonds. The number of unbranched alkanes of at least 4 members (excludes halogenated alkanes) is 1. The van der Waals surface area contributed by atoms with Crippen LogP contribution in [0.15, 0.2) is 18.7 Å². The number of imidazole rings is 1. The van der Waals surface area contributed by atoms with Crippen molar-refractivity contribution in [3.05, 3.63) is 18.7 Å². The quantitative estimate of drug-likeness (QED) is 0.648. The molecular weight excluding hydrogens is 228 g/mol. The number of aromatic nitrogens is 2. The molecule has 0 fully saturated rings. The van der Waals surface area contributed by atoms with Crippen LogP contribution in [0.2, 0.25) is 0 Å². The molecule has 18 heavy (non-hydrogen) atoms. The number of carbonyl (C=O) groups excluding carboxylic acids is 1. The Balaban J connectivity index is 2.01. The highest BCUT2D eigenvalue weighted by molar-refractivity contribution is 5.78. The highest BCUT2D eigenvalue weighted by Crippen LogP contribution is 2.04. The molecule has 0 aromatic carbocycles. The number of nitrogens with zero attached hydrogens (tertiary/aromatic N) is 2. The highest BCUT2D eigenvalue weighted by atomic mass is 16.1. The van der Waals surface area contributed by atoms with Gasteiger partial charge in [0.25, 0.3) is 0 Å². The normalized spacial score (nSPS) is 12.3. The molecular formula is C13H24N4O. The van der Waals surface area contributed by atoms with Gasteiger partial charge < -0.3 is 15.6 Å². The van der Waals surface area contributed by atoms with Gasteiger partial charge in [0, 0.05) is 31.4 Å². The van der Waals surface area contributed by atoms with Gasteiger partial charge in [-0.15, -0.1) is 0 Å². The van der Waals surface area contributed by atoms with Crippen molar-refractivity contribution < 1.29 is 4.79 Å². The summed E-state index contributed by atoms with van der Waals surface area (Å²) in [6, 6.07) is 0. The molecule has 1 aromatic heterocycles. The van der Waals surface area contributed by atoms with E-state index < -0.39 is 0 Å². The third kappa shape index (κ3) is 5.82. The molecule has 0 aliphatic carbocycles. The maximum atomic E-state index is 11.7. The molecule has 0 spiro atoms. The predicted octanol–water partition coefficient (Wildman–Crippen LogP) is 1.15. The van der Waals surface area contributed by atoms with Crippen molar-refractivity contribution in [2.24, 2.45) is 11.7 Å². The maximum Gasteiger partial charge on any atom is 0.222 e. The van der Waals surface area contributed by atoms with E-state index in [0.29, 0.717) is 6.54 Å². The maximum absolute atomic E-state index is 11.7. The molecule has 0 saturated heterocycles. The zero-order valence-corrected chi connectivity index (χ0v) is 11.1. The summed E-state index contributed by atoms with van der Waals surface area (Å²) in [5.74, 6) is 0.216. The smallest absolute Gasteiger partial charge is 0.222 e. The van der Waals surface area contributed by atoms with Crippen LogP contribution < -0.4 is 11.1 Å². The van der Waals surface area contributed by atoms with Crippen LogP contribution in [0.1, 0.15) is 32.6 Å². The largest absolute Gasteiger partial charge is 0.356 e. The fourth-order valence-electron chi connectivity index (χ4n) is 1.78. The fourth-order valence-corrected chi connectivity index (χ4v) is 1.78. The monoisotopic (exact) mass is 252 g/mol. The van der Waals surface area contributed by atoms with Gasteiger partial charge in [0.15, 0.2) is 0 Å². The number of aryl methyl sites for hydroxylation is 1. The summed E-state index contributed by atoms with van der Waals surface area (Å²) in [7, 11) is 0. The second kappa shape index (κ2) is 8.69. The number of nitrogens with one attached hydrogen (secondary N) is 1. The molecule has 3 N–H and O–H groups in total. The standard InChI is InChI=1S/C13H24N4O/c1-12(5-4-6-14)13(18)16-7-2-3-9-17-10-8-15-11-17/h8,10-12H,2-7,9,14H2,1H3,(H,16,18). The van der Waals surface area contributed by atoms with Crippen molar-refractivity contribution in [3.63, 3.8) is 0 Å². The molecule has 1 rings (SSSR count). The summed E-state index contributed by atoms with van der Waals surface area (Å²) in [5.41, 5.74) is 5.42. The minimum absolute atomic E-state index is 0.0715. The molecule has 1 heterocycles. The lowest BCUT2D eigenvalue weighted by Gasteiger charge is -2.11. The Labute approximate surface area is 109 Å². The minimum Gasteiger partial charge on any atom is -0.356 e. The lowest BCUT2D eigenvalue weighted by molar-refractivity contribution is -0.124. The van der Waals surface area contributed by atoms with E-state index in [2.05, 4.69) is 10.3 Å². The van der Waals surface area contributed by atoms with Gasteiger partial charge in [0.2, 0.25) is 5.91 Å². The number of carbonyl (C=O) groups is 1. The Morgan fingerprint density at radius 1 is 1.44 bits per heavy atom. The minimum atomic E-state index is 0.0715. The van der Waals surface area contributed by atoms with Crippen molar-refractivity contribution >= 4 is 5.91 Å². The van der Waals surface area contributed by atoms with E-state index in [9.17, 15) is 4.79 Å². The van der Waals surface area contributed by atoms with E-state index in [1.54, 1.807) is 6.20 Å². The van der Waals surface area contributed by atoms with Gasteiger partial charge in [-0.2, -0.15) is 0 Å². The summed E-state index contributed by atoms with van der Waals surface area (Å²) in [4.78, 5) is 15.7. The lowest BCUT2D eigenvalue weighted by atomic mass is 10.0. The molecule has 0 radical (unpaired) electrons. The third-order valence-electron chi connectivity index (χ3n) is 2.99. The van der Waals surface area contributed by atoms with Crippen LogP contribution in [0.4, 0.5) is 0 Å². The Kier molecular flexibility index (Phi) is 7.10. The third-order valence-corrected chi connectivity index (χ3v) is 2.99. The van der Waals surface area contributed by atoms with Crippen molar-refractivity contribution in [2.75, 3.05) is 13.1 Å². The molecule has 0 bridgehead atoms. The van der Waals surface area contributed by atoms with Gasteiger partial charge in [-0.05, 0) is 32.2 Å². The van der Waals surface area contributed by atoms with Crippen LogP contribution in [-0.4, -0.2) is 28.5 Å². The molecule has 5 heteroatoms. The zero-order chi connectivity index (χ0) is 13.2. The average molecular weight is 252 g/mol. The Hall–Kier alpha value is -1.36. The molecule has 0 aliphatic rings. The predicted molar refractivity (Wildman–Crippen MR) is 71.9 cm³/mol. The SMILES string of the molecule is CC(CCCN)C(=O)NCCCCn1ccnc1. The van der Waals surface area contributed by atoms with Gasteiger partial charge in [-0.25, -0.2) is 4.98 Å². The van der Waals surface area contributed by atoms with Gasteiger partial charge in [-0.1, -0.05) is 6.92 Å². The summed E-state index contributed by atoms with van der Waals surface area (Å²) >= 11 is 0. The zero-order valence-electron chi connectivity index (χ0n) is 11.1. The van der Waals surface area contributed by atoms with Crippen molar-refractivity contribution in [3.8, 4) is 0 Å². The van der Waals surface area contributed by atoms with Crippen LogP contribution in [-0.2, 0) is 11.3 Å². The van der Waals surface area contributed by atoms with E-state index >= 15 is 0 Å². The first-order chi connectivity index (χ1) is 8.74. The number of rotatable bonds is 9. The van der Waals surface area contributed by atoms with Gasteiger partial charge in [0.05, 0.1) is 6.33 Å². The molecule has 0 aliphatic heterocycles. The first-order valence-corrected chi connectivity index (χ1v) is 6.67. The van der Waals surface area contributed by atoms with E-state index in [1.807, 2.05) is 24.0 Å². The van der Waals surface area contributed by atoms with Crippen LogP contribution in [0, 0.1) is 5.92 Å². The molecule has 1 aromatic rings. The number of hydrogen-bond donors (Lipinski definition) is 2. The average Bonchev–Trinajstić information content (AvgIpc) is 2.88. The molecule has 5 nitrogen and oxygen atoms in total. The fraction of sp³-hybridized carbons (Fsp3) is 0.692. The van der Waals surface area contributed by atoms with Gasteiger partial charge in [0.1, 0.15) is 0 Å². The Morgan fingerprint density at radius 2 is 2.28 bits per heavy atom. The molecule has 1 unspecified atom stereocenters. The number of hydrogen-bond acceptors (Lipinski definition) is 3. The van der Waals surface area contributed by atoms with Crippen molar-refractivity contribution in [1.29, 1.82) is 0 Å². The molecule has 102 valence electrons. The van der Waals surface area contributed by atoms with Crippen molar-refractivity contribution in [1.82, 2.24) is 14.9 Å². The topological polar surface area (TPSA) is 72.9 Å². The van der Waals surface area contributed by atoms with E-state index in [-0.39, 0.29) is 11.8 Å². The second-order valence-electron chi connectivity index (χ2n) is 4.63. The highest BCUT2D eigenvalue weighted by Gasteiger charge is 2.10.